The monoisotopic (exact) mass is 902 g/mol. The summed E-state index contributed by atoms with van der Waals surface area (Å²) in [6, 6.07) is 64.7. The van der Waals surface area contributed by atoms with Crippen LogP contribution in [0.4, 0.5) is 34.1 Å². The molecular weight excluding hydrogens is 857 g/mol. The normalized spacial score (nSPS) is 14.5. The van der Waals surface area contributed by atoms with E-state index in [-0.39, 0.29) is 0 Å². The van der Waals surface area contributed by atoms with E-state index >= 15 is 0 Å². The number of anilines is 6. The molecule has 0 spiro atoms. The molecule has 2 aliphatic carbocycles. The predicted molar refractivity (Wildman–Crippen MR) is 286 cm³/mol. The summed E-state index contributed by atoms with van der Waals surface area (Å²) >= 11 is 0. The van der Waals surface area contributed by atoms with Gasteiger partial charge in [0.1, 0.15) is 11.2 Å². The number of para-hydroxylation sites is 4. The molecule has 2 aromatic heterocycles. The molecular formula is C64H46N4O2. The lowest BCUT2D eigenvalue weighted by molar-refractivity contribution is 0.643. The van der Waals surface area contributed by atoms with Crippen LogP contribution in [0.2, 0.25) is 0 Å². The second kappa shape index (κ2) is 16.0. The number of hydrogen-bond acceptors (Lipinski definition) is 6. The molecule has 0 amide bonds. The summed E-state index contributed by atoms with van der Waals surface area (Å²) in [5, 5.41) is 31.1. The van der Waals surface area contributed by atoms with Gasteiger partial charge in [0.2, 0.25) is 0 Å². The van der Waals surface area contributed by atoms with Gasteiger partial charge in [-0.3, -0.25) is 0 Å². The number of benzene rings is 10. The molecule has 334 valence electrons. The van der Waals surface area contributed by atoms with Crippen LogP contribution < -0.4 is 9.80 Å². The standard InChI is InChI=1S/C64H46N4O2/c65-37-39-21-29-45(30-22-39)67(57-19-7-17-51-49-15-5-13-47(41-9-1-2-10-41)61(49)69-63(51)57)55-35-27-43-26-34-54-56(36-28-44-25-33-53(55)59(43)60(44)54)68(46-31-23-40(38-66)24-32-46)58-20-8-18-52-50-16-6-14-48(42-11-3-4-12-42)62(50)70-64(52)58/h5-8,13-36,41-42H,1-4,9-12H2. The molecule has 2 heterocycles. The van der Waals surface area contributed by atoms with Gasteiger partial charge in [0.05, 0.1) is 46.0 Å². The molecule has 0 unspecified atom stereocenters. The SMILES string of the molecule is N#Cc1ccc(N(c2ccc3ccc4c(N(c5ccc(C#N)cc5)c5cccc6c5oc5c(C7CCCC7)cccc56)ccc5ccc2c3c54)c2cccc3c2oc2c(C4CCCC4)cccc23)cc1. The first-order valence-corrected chi connectivity index (χ1v) is 24.8. The van der Waals surface area contributed by atoms with Crippen molar-refractivity contribution < 1.29 is 8.83 Å². The fourth-order valence-corrected chi connectivity index (χ4v) is 12.5. The molecule has 0 N–H and O–H groups in total. The van der Waals surface area contributed by atoms with Crippen molar-refractivity contribution in [2.24, 2.45) is 0 Å². The summed E-state index contributed by atoms with van der Waals surface area (Å²) in [6.45, 7) is 0. The van der Waals surface area contributed by atoms with Crippen molar-refractivity contribution in [1.29, 1.82) is 10.5 Å². The van der Waals surface area contributed by atoms with Gasteiger partial charge in [0.15, 0.2) is 11.2 Å². The Labute approximate surface area is 405 Å². The lowest BCUT2D eigenvalue weighted by Gasteiger charge is -2.29. The highest BCUT2D eigenvalue weighted by Crippen LogP contribution is 2.52. The number of rotatable bonds is 8. The van der Waals surface area contributed by atoms with Crippen molar-refractivity contribution >= 4 is 110 Å². The average molecular weight is 903 g/mol. The van der Waals surface area contributed by atoms with E-state index in [1.807, 2.05) is 48.5 Å². The van der Waals surface area contributed by atoms with Crippen LogP contribution in [0.5, 0.6) is 0 Å². The van der Waals surface area contributed by atoms with E-state index in [9.17, 15) is 10.5 Å². The van der Waals surface area contributed by atoms with Crippen LogP contribution in [0.3, 0.4) is 0 Å². The van der Waals surface area contributed by atoms with Crippen molar-refractivity contribution in [2.45, 2.75) is 63.2 Å². The Morgan fingerprint density at radius 1 is 0.357 bits per heavy atom. The lowest BCUT2D eigenvalue weighted by atomic mass is 9.91. The fraction of sp³-hybridized carbons (Fsp3) is 0.156. The minimum atomic E-state index is 0.499. The van der Waals surface area contributed by atoms with Gasteiger partial charge >= 0.3 is 0 Å². The zero-order valence-corrected chi connectivity index (χ0v) is 38.6. The molecule has 0 aliphatic heterocycles. The largest absolute Gasteiger partial charge is 0.454 e. The summed E-state index contributed by atoms with van der Waals surface area (Å²) in [6.07, 6.45) is 9.75. The van der Waals surface area contributed by atoms with Gasteiger partial charge in [-0.1, -0.05) is 123 Å². The highest BCUT2D eigenvalue weighted by atomic mass is 16.3. The van der Waals surface area contributed by atoms with E-state index in [2.05, 4.69) is 143 Å². The van der Waals surface area contributed by atoms with Crippen molar-refractivity contribution in [3.05, 3.63) is 192 Å². The second-order valence-electron chi connectivity index (χ2n) is 19.5. The molecule has 2 aliphatic rings. The Hall–Kier alpha value is -8.58. The van der Waals surface area contributed by atoms with E-state index in [0.29, 0.717) is 23.0 Å². The molecule has 0 radical (unpaired) electrons. The average Bonchev–Trinajstić information content (AvgIpc) is 4.27. The fourth-order valence-electron chi connectivity index (χ4n) is 12.5. The Morgan fingerprint density at radius 2 is 0.729 bits per heavy atom. The number of fused-ring (bicyclic) bond motifs is 6. The number of hydrogen-bond donors (Lipinski definition) is 0. The molecule has 70 heavy (non-hydrogen) atoms. The Kier molecular flexibility index (Phi) is 9.26. The zero-order valence-electron chi connectivity index (χ0n) is 38.6. The molecule has 6 nitrogen and oxygen atoms in total. The molecule has 6 heteroatoms. The summed E-state index contributed by atoms with van der Waals surface area (Å²) in [4.78, 5) is 4.64. The van der Waals surface area contributed by atoms with Crippen molar-refractivity contribution in [2.75, 3.05) is 9.80 Å². The first kappa shape index (κ1) is 40.5. The Morgan fingerprint density at radius 3 is 1.13 bits per heavy atom. The highest BCUT2D eigenvalue weighted by molar-refractivity contribution is 6.29. The number of nitriles is 2. The molecule has 10 aromatic carbocycles. The second-order valence-corrected chi connectivity index (χ2v) is 19.5. The van der Waals surface area contributed by atoms with Gasteiger partial charge in [-0.25, -0.2) is 0 Å². The van der Waals surface area contributed by atoms with Gasteiger partial charge in [-0.15, -0.1) is 0 Å². The van der Waals surface area contributed by atoms with E-state index < -0.39 is 0 Å². The highest BCUT2D eigenvalue weighted by Gasteiger charge is 2.28. The van der Waals surface area contributed by atoms with Crippen LogP contribution in [-0.4, -0.2) is 0 Å². The van der Waals surface area contributed by atoms with Gasteiger partial charge < -0.3 is 18.6 Å². The lowest BCUT2D eigenvalue weighted by Crippen LogP contribution is -2.12. The Balaban J connectivity index is 1.00. The minimum Gasteiger partial charge on any atom is -0.454 e. The van der Waals surface area contributed by atoms with Crippen molar-refractivity contribution in [3.8, 4) is 12.1 Å². The van der Waals surface area contributed by atoms with Gasteiger partial charge in [-0.2, -0.15) is 10.5 Å². The zero-order chi connectivity index (χ0) is 46.5. The van der Waals surface area contributed by atoms with Crippen LogP contribution in [0.25, 0.3) is 76.2 Å². The first-order chi connectivity index (χ1) is 34.6. The quantitative estimate of drug-likeness (QED) is 0.141. The van der Waals surface area contributed by atoms with Gasteiger partial charge in [0.25, 0.3) is 0 Å². The summed E-state index contributed by atoms with van der Waals surface area (Å²) in [5.41, 5.74) is 13.2. The van der Waals surface area contributed by atoms with E-state index in [1.165, 1.54) is 62.5 Å². The maximum absolute atomic E-state index is 9.90. The maximum atomic E-state index is 9.90. The molecule has 0 saturated heterocycles. The molecule has 0 atom stereocenters. The van der Waals surface area contributed by atoms with Gasteiger partial charge in [-0.05, 0) is 143 Å². The van der Waals surface area contributed by atoms with E-state index in [1.54, 1.807) is 0 Å². The maximum Gasteiger partial charge on any atom is 0.159 e. The summed E-state index contributed by atoms with van der Waals surface area (Å²) in [7, 11) is 0. The van der Waals surface area contributed by atoms with Crippen LogP contribution in [-0.2, 0) is 0 Å². The van der Waals surface area contributed by atoms with Crippen LogP contribution >= 0.6 is 0 Å². The minimum absolute atomic E-state index is 0.499. The third kappa shape index (κ3) is 6.16. The van der Waals surface area contributed by atoms with Crippen LogP contribution in [0, 0.1) is 22.7 Å². The smallest absolute Gasteiger partial charge is 0.159 e. The van der Waals surface area contributed by atoms with E-state index in [0.717, 1.165) is 110 Å². The molecule has 2 saturated carbocycles. The first-order valence-electron chi connectivity index (χ1n) is 24.8. The van der Waals surface area contributed by atoms with Gasteiger partial charge in [0, 0.05) is 43.7 Å². The molecule has 14 rings (SSSR count). The molecule has 0 bridgehead atoms. The summed E-state index contributed by atoms with van der Waals surface area (Å²) in [5.74, 6) is 0.998. The molecule has 2 fully saturated rings. The van der Waals surface area contributed by atoms with Crippen LogP contribution in [0.1, 0.15) is 85.5 Å². The third-order valence-corrected chi connectivity index (χ3v) is 15.7. The number of furan rings is 2. The topological polar surface area (TPSA) is 80.3 Å². The third-order valence-electron chi connectivity index (χ3n) is 15.7. The van der Waals surface area contributed by atoms with Crippen molar-refractivity contribution in [3.63, 3.8) is 0 Å². The molecule has 12 aromatic rings. The van der Waals surface area contributed by atoms with E-state index in [4.69, 9.17) is 8.83 Å². The van der Waals surface area contributed by atoms with Crippen LogP contribution in [0.15, 0.2) is 179 Å². The Bertz CT molecular complexity index is 3850. The van der Waals surface area contributed by atoms with Crippen molar-refractivity contribution in [1.82, 2.24) is 0 Å². The predicted octanol–water partition coefficient (Wildman–Crippen LogP) is 18.4. The summed E-state index contributed by atoms with van der Waals surface area (Å²) < 4.78 is 14.2. The number of nitrogens with zero attached hydrogens (tertiary/aromatic N) is 4.